The summed E-state index contributed by atoms with van der Waals surface area (Å²) < 4.78 is 16.9. The second-order valence-electron chi connectivity index (χ2n) is 24.1. The number of hydrogen-bond acceptors (Lipinski definition) is 6. The predicted octanol–water partition coefficient (Wildman–Crippen LogP) is 24.2. The van der Waals surface area contributed by atoms with Gasteiger partial charge in [-0.15, -0.1) is 0 Å². The minimum absolute atomic E-state index is 0.0723. The van der Waals surface area contributed by atoms with Gasteiger partial charge in [0, 0.05) is 19.3 Å². The summed E-state index contributed by atoms with van der Waals surface area (Å²) in [6, 6.07) is 0. The molecule has 0 bridgehead atoms. The highest BCUT2D eigenvalue weighted by Gasteiger charge is 2.19. The van der Waals surface area contributed by atoms with Crippen molar-refractivity contribution in [1.82, 2.24) is 0 Å². The van der Waals surface area contributed by atoms with E-state index in [-0.39, 0.29) is 31.1 Å². The zero-order chi connectivity index (χ0) is 56.4. The monoisotopic (exact) mass is 1100 g/mol. The van der Waals surface area contributed by atoms with E-state index in [0.717, 1.165) is 70.6 Å². The summed E-state index contributed by atoms with van der Waals surface area (Å²) >= 11 is 0. The largest absolute Gasteiger partial charge is 0.462 e. The molecule has 0 N–H and O–H groups in total. The van der Waals surface area contributed by atoms with Gasteiger partial charge in [0.05, 0.1) is 0 Å². The van der Waals surface area contributed by atoms with Crippen molar-refractivity contribution in [1.29, 1.82) is 0 Å². The third kappa shape index (κ3) is 64.7. The summed E-state index contributed by atoms with van der Waals surface area (Å²) in [4.78, 5) is 38.3. The van der Waals surface area contributed by atoms with Crippen molar-refractivity contribution >= 4 is 17.9 Å². The molecule has 0 saturated carbocycles. The van der Waals surface area contributed by atoms with Gasteiger partial charge in [0.1, 0.15) is 13.2 Å². The maximum atomic E-state index is 12.9. The number of ether oxygens (including phenoxy) is 3. The second kappa shape index (κ2) is 67.4. The van der Waals surface area contributed by atoms with Crippen LogP contribution in [0.3, 0.4) is 0 Å². The van der Waals surface area contributed by atoms with Crippen LogP contribution in [0.4, 0.5) is 0 Å². The highest BCUT2D eigenvalue weighted by Crippen LogP contribution is 2.19. The molecule has 6 nitrogen and oxygen atoms in total. The standard InChI is InChI=1S/C72H136O6/c1-4-7-10-13-16-19-22-25-28-29-30-31-32-33-34-35-36-37-38-39-40-41-42-43-45-47-50-53-56-59-62-65-71(74)77-68-69(67-76-70(73)64-61-58-55-52-49-46-27-24-21-18-15-12-9-6-3)78-72(75)66-63-60-57-54-51-48-44-26-23-20-17-14-11-8-5-2/h24,26-27,44,69H,4-23,25,28-43,45-68H2,1-3H3/b27-24-,44-26-. The average Bonchev–Trinajstić information content (AvgIpc) is 3.44. The molecule has 1 unspecified atom stereocenters. The van der Waals surface area contributed by atoms with Crippen molar-refractivity contribution in [3.63, 3.8) is 0 Å². The third-order valence-corrected chi connectivity index (χ3v) is 16.2. The van der Waals surface area contributed by atoms with Crippen LogP contribution >= 0.6 is 0 Å². The first-order chi connectivity index (χ1) is 38.5. The van der Waals surface area contributed by atoms with E-state index in [2.05, 4.69) is 45.1 Å². The van der Waals surface area contributed by atoms with Crippen LogP contribution in [-0.2, 0) is 28.6 Å². The molecule has 0 aliphatic rings. The van der Waals surface area contributed by atoms with Gasteiger partial charge in [0.2, 0.25) is 0 Å². The molecule has 0 amide bonds. The van der Waals surface area contributed by atoms with Crippen LogP contribution in [0.5, 0.6) is 0 Å². The lowest BCUT2D eigenvalue weighted by Crippen LogP contribution is -2.30. The average molecular weight is 1100 g/mol. The molecule has 0 fully saturated rings. The SMILES string of the molecule is CCCCCCC/C=C\CCCCCCCC(=O)OCC(COC(=O)CCCCCCCCCCCCCCCCCCCCCCCCCCCCCCCCC)OC(=O)CCCCCCC/C=C\CCCCCCCC. The van der Waals surface area contributed by atoms with Crippen molar-refractivity contribution in [2.75, 3.05) is 13.2 Å². The van der Waals surface area contributed by atoms with Gasteiger partial charge in [0.15, 0.2) is 6.10 Å². The molecule has 1 atom stereocenters. The normalized spacial score (nSPS) is 12.1. The van der Waals surface area contributed by atoms with Gasteiger partial charge in [-0.25, -0.2) is 0 Å². The van der Waals surface area contributed by atoms with Crippen molar-refractivity contribution in [3.8, 4) is 0 Å². The summed E-state index contributed by atoms with van der Waals surface area (Å²) in [5.74, 6) is -0.863. The van der Waals surface area contributed by atoms with E-state index in [1.54, 1.807) is 0 Å². The lowest BCUT2D eigenvalue weighted by molar-refractivity contribution is -0.167. The van der Waals surface area contributed by atoms with E-state index < -0.39 is 6.10 Å². The van der Waals surface area contributed by atoms with Crippen LogP contribution in [0.2, 0.25) is 0 Å². The first kappa shape index (κ1) is 75.9. The van der Waals surface area contributed by atoms with Gasteiger partial charge in [-0.2, -0.15) is 0 Å². The Bertz CT molecular complexity index is 1260. The van der Waals surface area contributed by atoms with E-state index in [0.29, 0.717) is 19.3 Å². The molecule has 78 heavy (non-hydrogen) atoms. The zero-order valence-corrected chi connectivity index (χ0v) is 53.0. The van der Waals surface area contributed by atoms with Gasteiger partial charge >= 0.3 is 17.9 Å². The zero-order valence-electron chi connectivity index (χ0n) is 53.0. The van der Waals surface area contributed by atoms with E-state index in [1.165, 1.54) is 289 Å². The number of hydrogen-bond donors (Lipinski definition) is 0. The lowest BCUT2D eigenvalue weighted by Gasteiger charge is -2.18. The second-order valence-corrected chi connectivity index (χ2v) is 24.1. The molecule has 0 aliphatic carbocycles. The van der Waals surface area contributed by atoms with Crippen molar-refractivity contribution in [3.05, 3.63) is 24.3 Å². The minimum atomic E-state index is -0.777. The number of esters is 3. The number of allylic oxidation sites excluding steroid dienone is 4. The van der Waals surface area contributed by atoms with Crippen LogP contribution < -0.4 is 0 Å². The molecule has 0 rings (SSSR count). The fourth-order valence-electron chi connectivity index (χ4n) is 10.8. The number of carbonyl (C=O) groups is 3. The quantitative estimate of drug-likeness (QED) is 0.0261. The van der Waals surface area contributed by atoms with Crippen molar-refractivity contribution < 1.29 is 28.6 Å². The lowest BCUT2D eigenvalue weighted by atomic mass is 10.0. The van der Waals surface area contributed by atoms with Crippen LogP contribution in [0.25, 0.3) is 0 Å². The summed E-state index contributed by atoms with van der Waals surface area (Å²) in [7, 11) is 0. The van der Waals surface area contributed by atoms with Crippen LogP contribution in [-0.4, -0.2) is 37.2 Å². The summed E-state index contributed by atoms with van der Waals surface area (Å²) in [5.41, 5.74) is 0. The molecule has 6 heteroatoms. The van der Waals surface area contributed by atoms with E-state index in [9.17, 15) is 14.4 Å². The molecular weight excluding hydrogens is 961 g/mol. The number of carbonyl (C=O) groups excluding carboxylic acids is 3. The first-order valence-corrected chi connectivity index (χ1v) is 35.3. The summed E-state index contributed by atoms with van der Waals surface area (Å²) in [5, 5.41) is 0. The first-order valence-electron chi connectivity index (χ1n) is 35.3. The smallest absolute Gasteiger partial charge is 0.306 e. The molecule has 0 radical (unpaired) electrons. The Kier molecular flexibility index (Phi) is 65.6. The topological polar surface area (TPSA) is 78.9 Å². The molecule has 0 spiro atoms. The Morgan fingerprint density at radius 2 is 0.423 bits per heavy atom. The van der Waals surface area contributed by atoms with Gasteiger partial charge in [0.25, 0.3) is 0 Å². The van der Waals surface area contributed by atoms with E-state index >= 15 is 0 Å². The molecule has 0 saturated heterocycles. The third-order valence-electron chi connectivity index (χ3n) is 16.2. The van der Waals surface area contributed by atoms with Crippen molar-refractivity contribution in [2.24, 2.45) is 0 Å². The van der Waals surface area contributed by atoms with Gasteiger partial charge < -0.3 is 14.2 Å². The van der Waals surface area contributed by atoms with Crippen LogP contribution in [0, 0.1) is 0 Å². The molecule has 0 aliphatic heterocycles. The Morgan fingerprint density at radius 3 is 0.641 bits per heavy atom. The summed E-state index contributed by atoms with van der Waals surface area (Å²) in [6.07, 6.45) is 82.2. The molecule has 460 valence electrons. The Balaban J connectivity index is 4.12. The van der Waals surface area contributed by atoms with Crippen molar-refractivity contribution in [2.45, 2.75) is 406 Å². The van der Waals surface area contributed by atoms with Gasteiger partial charge in [-0.3, -0.25) is 14.4 Å². The van der Waals surface area contributed by atoms with E-state index in [1.807, 2.05) is 0 Å². The molecule has 0 heterocycles. The van der Waals surface area contributed by atoms with Gasteiger partial charge in [-0.05, 0) is 70.6 Å². The Hall–Kier alpha value is -2.11. The minimum Gasteiger partial charge on any atom is -0.462 e. The molecular formula is C72H136O6. The highest BCUT2D eigenvalue weighted by atomic mass is 16.6. The maximum absolute atomic E-state index is 12.9. The van der Waals surface area contributed by atoms with E-state index in [4.69, 9.17) is 14.2 Å². The number of unbranched alkanes of at least 4 members (excludes halogenated alkanes) is 51. The fraction of sp³-hybridized carbons (Fsp3) is 0.903. The molecule has 0 aromatic carbocycles. The van der Waals surface area contributed by atoms with Crippen LogP contribution in [0.15, 0.2) is 24.3 Å². The Morgan fingerprint density at radius 1 is 0.244 bits per heavy atom. The maximum Gasteiger partial charge on any atom is 0.306 e. The van der Waals surface area contributed by atoms with Crippen LogP contribution in [0.1, 0.15) is 400 Å². The fourth-order valence-corrected chi connectivity index (χ4v) is 10.8. The molecule has 0 aromatic heterocycles. The highest BCUT2D eigenvalue weighted by molar-refractivity contribution is 5.71. The molecule has 0 aromatic rings. The summed E-state index contributed by atoms with van der Waals surface area (Å²) in [6.45, 7) is 6.68. The predicted molar refractivity (Wildman–Crippen MR) is 340 cm³/mol. The Labute approximate surface area is 487 Å². The number of rotatable bonds is 66. The van der Waals surface area contributed by atoms with Gasteiger partial charge in [-0.1, -0.05) is 334 Å².